The molecule has 0 fully saturated rings. The molecule has 2 rings (SSSR count). The first-order valence-corrected chi connectivity index (χ1v) is 7.15. The Balaban J connectivity index is 2.05. The summed E-state index contributed by atoms with van der Waals surface area (Å²) in [7, 11) is 0. The molecule has 1 aromatic carbocycles. The second-order valence-corrected chi connectivity index (χ2v) is 5.64. The second-order valence-electron chi connectivity index (χ2n) is 4.04. The van der Waals surface area contributed by atoms with Crippen LogP contribution >= 0.6 is 24.0 Å². The summed E-state index contributed by atoms with van der Waals surface area (Å²) in [5, 5.41) is 1.26. The Morgan fingerprint density at radius 1 is 1.25 bits per heavy atom. The molecule has 0 amide bonds. The predicted molar refractivity (Wildman–Crippen MR) is 74.7 cm³/mol. The monoisotopic (exact) mass is 251 g/mol. The SMILES string of the molecule is CCCCCCc1nc2c(S)cccc2s1. The lowest BCUT2D eigenvalue weighted by Crippen LogP contribution is -1.84. The van der Waals surface area contributed by atoms with E-state index in [4.69, 9.17) is 0 Å². The van der Waals surface area contributed by atoms with Crippen LogP contribution in [-0.2, 0) is 6.42 Å². The zero-order valence-electron chi connectivity index (χ0n) is 9.57. The summed E-state index contributed by atoms with van der Waals surface area (Å²) in [4.78, 5) is 5.65. The number of para-hydroxylation sites is 1. The Morgan fingerprint density at radius 2 is 2.12 bits per heavy atom. The first kappa shape index (κ1) is 11.9. The number of rotatable bonds is 5. The maximum Gasteiger partial charge on any atom is 0.0948 e. The molecule has 0 saturated carbocycles. The van der Waals surface area contributed by atoms with Crippen molar-refractivity contribution in [1.82, 2.24) is 4.98 Å². The van der Waals surface area contributed by atoms with Crippen LogP contribution in [0.25, 0.3) is 10.2 Å². The van der Waals surface area contributed by atoms with E-state index in [1.54, 1.807) is 0 Å². The van der Waals surface area contributed by atoms with Gasteiger partial charge in [0.25, 0.3) is 0 Å². The summed E-state index contributed by atoms with van der Waals surface area (Å²) >= 11 is 6.24. The Kier molecular flexibility index (Phi) is 4.24. The summed E-state index contributed by atoms with van der Waals surface area (Å²) in [6.45, 7) is 2.24. The van der Waals surface area contributed by atoms with Gasteiger partial charge >= 0.3 is 0 Å². The largest absolute Gasteiger partial charge is 0.240 e. The van der Waals surface area contributed by atoms with Crippen molar-refractivity contribution in [2.45, 2.75) is 43.9 Å². The Bertz CT molecular complexity index is 462. The normalized spacial score (nSPS) is 11.1. The molecule has 2 aromatic rings. The van der Waals surface area contributed by atoms with E-state index in [0.29, 0.717) is 0 Å². The van der Waals surface area contributed by atoms with E-state index >= 15 is 0 Å². The first-order chi connectivity index (χ1) is 7.81. The molecule has 0 radical (unpaired) electrons. The van der Waals surface area contributed by atoms with Crippen molar-refractivity contribution in [2.75, 3.05) is 0 Å². The van der Waals surface area contributed by atoms with Gasteiger partial charge in [-0.05, 0) is 25.0 Å². The fourth-order valence-corrected chi connectivity index (χ4v) is 3.16. The van der Waals surface area contributed by atoms with Crippen LogP contribution in [0.4, 0.5) is 0 Å². The highest BCUT2D eigenvalue weighted by molar-refractivity contribution is 7.80. The third-order valence-electron chi connectivity index (χ3n) is 2.69. The minimum atomic E-state index is 0.994. The molecule has 0 spiro atoms. The van der Waals surface area contributed by atoms with Gasteiger partial charge in [-0.25, -0.2) is 4.98 Å². The minimum Gasteiger partial charge on any atom is -0.240 e. The van der Waals surface area contributed by atoms with Crippen molar-refractivity contribution in [2.24, 2.45) is 0 Å². The molecule has 0 N–H and O–H groups in total. The lowest BCUT2D eigenvalue weighted by atomic mass is 10.2. The number of fused-ring (bicyclic) bond motifs is 1. The van der Waals surface area contributed by atoms with Crippen molar-refractivity contribution < 1.29 is 0 Å². The molecule has 0 saturated heterocycles. The number of hydrogen-bond acceptors (Lipinski definition) is 3. The molecule has 0 atom stereocenters. The molecule has 1 aromatic heterocycles. The number of aryl methyl sites for hydroxylation is 1. The maximum absolute atomic E-state index is 4.65. The molecule has 0 aliphatic heterocycles. The Morgan fingerprint density at radius 3 is 2.88 bits per heavy atom. The number of nitrogens with zero attached hydrogens (tertiary/aromatic N) is 1. The fraction of sp³-hybridized carbons (Fsp3) is 0.462. The van der Waals surface area contributed by atoms with E-state index < -0.39 is 0 Å². The second kappa shape index (κ2) is 5.69. The van der Waals surface area contributed by atoms with Gasteiger partial charge in [0.2, 0.25) is 0 Å². The molecule has 0 aliphatic rings. The molecule has 86 valence electrons. The van der Waals surface area contributed by atoms with E-state index in [9.17, 15) is 0 Å². The zero-order chi connectivity index (χ0) is 11.4. The highest BCUT2D eigenvalue weighted by Gasteiger charge is 2.05. The van der Waals surface area contributed by atoms with Crippen molar-refractivity contribution in [1.29, 1.82) is 0 Å². The van der Waals surface area contributed by atoms with Gasteiger partial charge in [-0.1, -0.05) is 32.3 Å². The number of aromatic nitrogens is 1. The van der Waals surface area contributed by atoms with E-state index in [-0.39, 0.29) is 0 Å². The topological polar surface area (TPSA) is 12.9 Å². The Hall–Kier alpha value is -0.540. The van der Waals surface area contributed by atoms with Gasteiger partial charge in [0.05, 0.1) is 15.2 Å². The maximum atomic E-state index is 4.65. The average Bonchev–Trinajstić information content (AvgIpc) is 2.69. The fourth-order valence-electron chi connectivity index (χ4n) is 1.79. The minimum absolute atomic E-state index is 0.994. The van der Waals surface area contributed by atoms with Crippen LogP contribution in [0.1, 0.15) is 37.6 Å². The molecule has 1 nitrogen and oxygen atoms in total. The van der Waals surface area contributed by atoms with Crippen LogP contribution < -0.4 is 0 Å². The van der Waals surface area contributed by atoms with Crippen molar-refractivity contribution >= 4 is 34.2 Å². The summed E-state index contributed by atoms with van der Waals surface area (Å²) in [5.41, 5.74) is 1.07. The standard InChI is InChI=1S/C13H17NS2/c1-2-3-4-5-9-12-14-13-10(15)7-6-8-11(13)16-12/h6-8,15H,2-5,9H2,1H3. The van der Waals surface area contributed by atoms with Crippen LogP contribution in [0.3, 0.4) is 0 Å². The average molecular weight is 251 g/mol. The van der Waals surface area contributed by atoms with Crippen molar-refractivity contribution in [3.05, 3.63) is 23.2 Å². The molecule has 3 heteroatoms. The lowest BCUT2D eigenvalue weighted by molar-refractivity contribution is 0.666. The third kappa shape index (κ3) is 2.77. The van der Waals surface area contributed by atoms with E-state index in [1.807, 2.05) is 23.5 Å². The van der Waals surface area contributed by atoms with Gasteiger partial charge in [-0.2, -0.15) is 0 Å². The van der Waals surface area contributed by atoms with Crippen molar-refractivity contribution in [3.63, 3.8) is 0 Å². The quantitative estimate of drug-likeness (QED) is 0.600. The molecular weight excluding hydrogens is 234 g/mol. The molecule has 16 heavy (non-hydrogen) atoms. The molecule has 0 aliphatic carbocycles. The van der Waals surface area contributed by atoms with E-state index in [0.717, 1.165) is 16.8 Å². The van der Waals surface area contributed by atoms with Crippen LogP contribution in [0.5, 0.6) is 0 Å². The smallest absolute Gasteiger partial charge is 0.0948 e. The number of benzene rings is 1. The summed E-state index contributed by atoms with van der Waals surface area (Å²) in [6.07, 6.45) is 6.33. The number of hydrogen-bond donors (Lipinski definition) is 1. The summed E-state index contributed by atoms with van der Waals surface area (Å²) < 4.78 is 1.26. The van der Waals surface area contributed by atoms with Gasteiger partial charge < -0.3 is 0 Å². The van der Waals surface area contributed by atoms with Gasteiger partial charge in [0.1, 0.15) is 0 Å². The van der Waals surface area contributed by atoms with Gasteiger partial charge in [-0.3, -0.25) is 0 Å². The van der Waals surface area contributed by atoms with Gasteiger partial charge in [0, 0.05) is 4.90 Å². The Labute approximate surface area is 106 Å². The van der Waals surface area contributed by atoms with Crippen LogP contribution in [0.15, 0.2) is 23.1 Å². The molecule has 0 bridgehead atoms. The molecular formula is C13H17NS2. The zero-order valence-corrected chi connectivity index (χ0v) is 11.3. The first-order valence-electron chi connectivity index (χ1n) is 5.88. The van der Waals surface area contributed by atoms with Gasteiger partial charge in [0.15, 0.2) is 0 Å². The van der Waals surface area contributed by atoms with E-state index in [1.165, 1.54) is 35.4 Å². The number of thiazole rings is 1. The third-order valence-corrected chi connectivity index (χ3v) is 4.13. The van der Waals surface area contributed by atoms with Crippen LogP contribution in [0.2, 0.25) is 0 Å². The summed E-state index contributed by atoms with van der Waals surface area (Å²) in [5.74, 6) is 0. The number of thiol groups is 1. The highest BCUT2D eigenvalue weighted by atomic mass is 32.1. The van der Waals surface area contributed by atoms with Gasteiger partial charge in [-0.15, -0.1) is 24.0 Å². The molecule has 1 heterocycles. The van der Waals surface area contributed by atoms with E-state index in [2.05, 4.69) is 30.6 Å². The highest BCUT2D eigenvalue weighted by Crippen LogP contribution is 2.27. The van der Waals surface area contributed by atoms with Crippen LogP contribution in [0, 0.1) is 0 Å². The molecule has 0 unspecified atom stereocenters. The predicted octanol–water partition coefficient (Wildman–Crippen LogP) is 4.71. The number of unbranched alkanes of at least 4 members (excludes halogenated alkanes) is 3. The van der Waals surface area contributed by atoms with Crippen LogP contribution in [-0.4, -0.2) is 4.98 Å². The lowest BCUT2D eigenvalue weighted by Gasteiger charge is -1.95. The van der Waals surface area contributed by atoms with Crippen molar-refractivity contribution in [3.8, 4) is 0 Å². The summed E-state index contributed by atoms with van der Waals surface area (Å²) in [6, 6.07) is 6.18.